The number of halogens is 1. The van der Waals surface area contributed by atoms with Crippen molar-refractivity contribution in [3.63, 3.8) is 0 Å². The van der Waals surface area contributed by atoms with Gasteiger partial charge in [-0.05, 0) is 17.7 Å². The molecule has 1 aliphatic rings. The fourth-order valence-electron chi connectivity index (χ4n) is 1.69. The molecule has 0 saturated carbocycles. The van der Waals surface area contributed by atoms with Crippen molar-refractivity contribution in [3.8, 4) is 11.5 Å². The number of benzene rings is 1. The van der Waals surface area contributed by atoms with Crippen molar-refractivity contribution in [2.24, 2.45) is 0 Å². The highest BCUT2D eigenvalue weighted by molar-refractivity contribution is 6.32. The molecule has 0 fully saturated rings. The van der Waals surface area contributed by atoms with E-state index in [1.54, 1.807) is 19.1 Å². The van der Waals surface area contributed by atoms with Gasteiger partial charge in [0.1, 0.15) is 13.2 Å². The summed E-state index contributed by atoms with van der Waals surface area (Å²) in [7, 11) is 0. The fraction of sp³-hybridized carbons (Fsp3) is 0.333. The number of hydrogen-bond acceptors (Lipinski definition) is 4. The van der Waals surface area contributed by atoms with Crippen molar-refractivity contribution < 1.29 is 14.4 Å². The van der Waals surface area contributed by atoms with E-state index < -0.39 is 4.92 Å². The van der Waals surface area contributed by atoms with Crippen LogP contribution in [0.3, 0.4) is 0 Å². The maximum absolute atomic E-state index is 10.8. The number of fused-ring (bicyclic) bond motifs is 1. The molecular formula is C12H12ClNO4. The van der Waals surface area contributed by atoms with Gasteiger partial charge in [-0.15, -0.1) is 0 Å². The minimum Gasteiger partial charge on any atom is -0.486 e. The number of allylic oxidation sites excluding steroid dienone is 1. The van der Waals surface area contributed by atoms with Gasteiger partial charge in [0, 0.05) is 12.5 Å². The molecule has 1 aromatic rings. The number of ether oxygens (including phenoxy) is 2. The second-order valence-electron chi connectivity index (χ2n) is 3.77. The molecule has 0 radical (unpaired) electrons. The lowest BCUT2D eigenvalue weighted by atomic mass is 10.1. The maximum Gasteiger partial charge on any atom is 0.246 e. The van der Waals surface area contributed by atoms with Crippen LogP contribution < -0.4 is 9.47 Å². The van der Waals surface area contributed by atoms with Crippen LogP contribution in [0.25, 0.3) is 6.08 Å². The molecule has 5 nitrogen and oxygen atoms in total. The van der Waals surface area contributed by atoms with Gasteiger partial charge in [0.05, 0.1) is 9.95 Å². The maximum atomic E-state index is 10.8. The van der Waals surface area contributed by atoms with Gasteiger partial charge in [0.25, 0.3) is 0 Å². The highest BCUT2D eigenvalue weighted by Gasteiger charge is 2.17. The third-order valence-electron chi connectivity index (χ3n) is 2.55. The van der Waals surface area contributed by atoms with Gasteiger partial charge in [-0.25, -0.2) is 0 Å². The first kappa shape index (κ1) is 12.7. The molecule has 2 rings (SSSR count). The molecule has 0 amide bonds. The van der Waals surface area contributed by atoms with E-state index in [1.165, 1.54) is 6.08 Å². The number of hydrogen-bond donors (Lipinski definition) is 0. The van der Waals surface area contributed by atoms with Crippen LogP contribution in [0, 0.1) is 10.1 Å². The van der Waals surface area contributed by atoms with E-state index in [-0.39, 0.29) is 5.70 Å². The highest BCUT2D eigenvalue weighted by atomic mass is 35.5. The van der Waals surface area contributed by atoms with Crippen LogP contribution in [0.1, 0.15) is 18.9 Å². The summed E-state index contributed by atoms with van der Waals surface area (Å²) in [5.41, 5.74) is 0.764. The zero-order valence-corrected chi connectivity index (χ0v) is 10.6. The first-order valence-electron chi connectivity index (χ1n) is 5.56. The SMILES string of the molecule is CCC(=Cc1cc(Cl)c2c(c1)OCCO2)[N+](=O)[O-]. The van der Waals surface area contributed by atoms with Crippen molar-refractivity contribution in [1.82, 2.24) is 0 Å². The normalized spacial score (nSPS) is 14.4. The van der Waals surface area contributed by atoms with Crippen LogP contribution in [0.15, 0.2) is 17.8 Å². The number of nitro groups is 1. The van der Waals surface area contributed by atoms with Gasteiger partial charge in [0.15, 0.2) is 11.5 Å². The number of rotatable bonds is 3. The Balaban J connectivity index is 2.41. The van der Waals surface area contributed by atoms with Gasteiger partial charge >= 0.3 is 0 Å². The first-order chi connectivity index (χ1) is 8.61. The second-order valence-corrected chi connectivity index (χ2v) is 4.18. The first-order valence-corrected chi connectivity index (χ1v) is 5.93. The van der Waals surface area contributed by atoms with E-state index >= 15 is 0 Å². The Labute approximate surface area is 109 Å². The van der Waals surface area contributed by atoms with Crippen LogP contribution in [-0.4, -0.2) is 18.1 Å². The van der Waals surface area contributed by atoms with Crippen molar-refractivity contribution in [3.05, 3.63) is 38.5 Å². The average Bonchev–Trinajstić information content (AvgIpc) is 2.35. The standard InChI is InChI=1S/C12H12ClNO4/c1-2-9(14(15)16)5-8-6-10(13)12-11(7-8)17-3-4-18-12/h5-7H,2-4H2,1H3. The highest BCUT2D eigenvalue weighted by Crippen LogP contribution is 2.38. The van der Waals surface area contributed by atoms with Crippen LogP contribution in [0.4, 0.5) is 0 Å². The molecule has 0 aliphatic carbocycles. The van der Waals surface area contributed by atoms with E-state index in [2.05, 4.69) is 0 Å². The van der Waals surface area contributed by atoms with Crippen LogP contribution in [0.5, 0.6) is 11.5 Å². The smallest absolute Gasteiger partial charge is 0.246 e. The lowest BCUT2D eigenvalue weighted by molar-refractivity contribution is -0.425. The van der Waals surface area contributed by atoms with E-state index in [0.29, 0.717) is 41.7 Å². The second kappa shape index (κ2) is 5.27. The third kappa shape index (κ3) is 2.56. The average molecular weight is 270 g/mol. The molecule has 0 spiro atoms. The zero-order chi connectivity index (χ0) is 13.1. The summed E-state index contributed by atoms with van der Waals surface area (Å²) in [6, 6.07) is 3.33. The van der Waals surface area contributed by atoms with Crippen LogP contribution in [-0.2, 0) is 0 Å². The molecule has 1 aliphatic heterocycles. The van der Waals surface area contributed by atoms with Crippen molar-refractivity contribution >= 4 is 17.7 Å². The summed E-state index contributed by atoms with van der Waals surface area (Å²) in [6.07, 6.45) is 1.84. The summed E-state index contributed by atoms with van der Waals surface area (Å²) in [5, 5.41) is 11.2. The predicted molar refractivity (Wildman–Crippen MR) is 67.7 cm³/mol. The van der Waals surface area contributed by atoms with E-state index in [1.807, 2.05) is 0 Å². The molecule has 18 heavy (non-hydrogen) atoms. The molecule has 96 valence electrons. The molecule has 1 heterocycles. The molecule has 0 unspecified atom stereocenters. The summed E-state index contributed by atoms with van der Waals surface area (Å²) >= 11 is 6.05. The summed E-state index contributed by atoms with van der Waals surface area (Å²) in [6.45, 7) is 2.64. The van der Waals surface area contributed by atoms with E-state index in [9.17, 15) is 10.1 Å². The minimum absolute atomic E-state index is 0.128. The molecule has 0 aromatic heterocycles. The quantitative estimate of drug-likeness (QED) is 0.625. The van der Waals surface area contributed by atoms with Gasteiger partial charge in [-0.3, -0.25) is 10.1 Å². The van der Waals surface area contributed by atoms with Crippen molar-refractivity contribution in [2.75, 3.05) is 13.2 Å². The van der Waals surface area contributed by atoms with Gasteiger partial charge < -0.3 is 9.47 Å². The summed E-state index contributed by atoms with van der Waals surface area (Å²) in [4.78, 5) is 10.4. The van der Waals surface area contributed by atoms with Crippen LogP contribution >= 0.6 is 11.6 Å². The Kier molecular flexibility index (Phi) is 3.72. The Morgan fingerprint density at radius 2 is 2.22 bits per heavy atom. The van der Waals surface area contributed by atoms with E-state index in [4.69, 9.17) is 21.1 Å². The molecule has 0 bridgehead atoms. The number of nitrogens with zero attached hydrogens (tertiary/aromatic N) is 1. The molecule has 1 aromatic carbocycles. The Morgan fingerprint density at radius 3 is 2.89 bits per heavy atom. The molecule has 6 heteroatoms. The lowest BCUT2D eigenvalue weighted by Crippen LogP contribution is -2.15. The molecule has 0 N–H and O–H groups in total. The predicted octanol–water partition coefficient (Wildman–Crippen LogP) is 3.14. The van der Waals surface area contributed by atoms with E-state index in [0.717, 1.165) is 0 Å². The van der Waals surface area contributed by atoms with Gasteiger partial charge in [-0.1, -0.05) is 18.5 Å². The summed E-state index contributed by atoms with van der Waals surface area (Å²) < 4.78 is 10.8. The largest absolute Gasteiger partial charge is 0.486 e. The monoisotopic (exact) mass is 269 g/mol. The molecule has 0 saturated heterocycles. The van der Waals surface area contributed by atoms with Crippen molar-refractivity contribution in [1.29, 1.82) is 0 Å². The lowest BCUT2D eigenvalue weighted by Gasteiger charge is -2.19. The van der Waals surface area contributed by atoms with Crippen molar-refractivity contribution in [2.45, 2.75) is 13.3 Å². The summed E-state index contributed by atoms with van der Waals surface area (Å²) in [5.74, 6) is 1.03. The Morgan fingerprint density at radius 1 is 1.50 bits per heavy atom. The topological polar surface area (TPSA) is 61.6 Å². The van der Waals surface area contributed by atoms with Gasteiger partial charge in [0.2, 0.25) is 5.70 Å². The Bertz CT molecular complexity index is 513. The van der Waals surface area contributed by atoms with Crippen LogP contribution in [0.2, 0.25) is 5.02 Å². The fourth-order valence-corrected chi connectivity index (χ4v) is 1.96. The molecule has 0 atom stereocenters. The Hall–Kier alpha value is -1.75. The minimum atomic E-state index is -0.398. The third-order valence-corrected chi connectivity index (χ3v) is 2.83. The molecular weight excluding hydrogens is 258 g/mol. The zero-order valence-electron chi connectivity index (χ0n) is 9.81. The van der Waals surface area contributed by atoms with Gasteiger partial charge in [-0.2, -0.15) is 0 Å².